The number of anilines is 1. The normalized spacial score (nSPS) is 14.6. The van der Waals surface area contributed by atoms with Gasteiger partial charge in [0.2, 0.25) is 0 Å². The highest BCUT2D eigenvalue weighted by molar-refractivity contribution is 6.12. The molecule has 1 N–H and O–H groups in total. The van der Waals surface area contributed by atoms with E-state index in [-0.39, 0.29) is 11.4 Å². The number of hydrogen-bond donors (Lipinski definition) is 1. The second-order valence-electron chi connectivity index (χ2n) is 6.56. The van der Waals surface area contributed by atoms with E-state index >= 15 is 0 Å². The lowest BCUT2D eigenvalue weighted by Crippen LogP contribution is -2.46. The highest BCUT2D eigenvalue weighted by atomic mass is 16.6. The fourth-order valence-electron chi connectivity index (χ4n) is 3.30. The lowest BCUT2D eigenvalue weighted by molar-refractivity contribution is -0.393. The van der Waals surface area contributed by atoms with Crippen LogP contribution in [-0.4, -0.2) is 52.0 Å². The summed E-state index contributed by atoms with van der Waals surface area (Å²) in [6.45, 7) is 0. The highest BCUT2D eigenvalue weighted by Gasteiger charge is 2.45. The maximum absolute atomic E-state index is 12.9. The molecule has 0 spiro atoms. The monoisotopic (exact) mass is 440 g/mol. The van der Waals surface area contributed by atoms with Crippen molar-refractivity contribution >= 4 is 28.9 Å². The number of hydrazine groups is 1. The molecule has 1 fully saturated rings. The highest BCUT2D eigenvalue weighted by Crippen LogP contribution is 2.39. The number of amides is 2. The van der Waals surface area contributed by atoms with Crippen LogP contribution in [0, 0.1) is 20.2 Å². The Labute approximate surface area is 177 Å². The molecule has 15 heteroatoms. The zero-order chi connectivity index (χ0) is 23.0. The molecule has 0 bridgehead atoms. The summed E-state index contributed by atoms with van der Waals surface area (Å²) >= 11 is 0. The van der Waals surface area contributed by atoms with Gasteiger partial charge in [0.25, 0.3) is 17.5 Å². The summed E-state index contributed by atoms with van der Waals surface area (Å²) in [6.07, 6.45) is -0.583. The van der Waals surface area contributed by atoms with Crippen LogP contribution >= 0.6 is 0 Å². The summed E-state index contributed by atoms with van der Waals surface area (Å²) in [7, 11) is 0. The van der Waals surface area contributed by atoms with E-state index in [0.29, 0.717) is 11.6 Å². The minimum atomic E-state index is -1.15. The molecule has 1 aliphatic rings. The van der Waals surface area contributed by atoms with E-state index in [1.807, 2.05) is 0 Å². The molecule has 1 aromatic heterocycles. The number of hydrogen-bond acceptors (Lipinski definition) is 10. The van der Waals surface area contributed by atoms with Gasteiger partial charge in [-0.15, -0.1) is 5.10 Å². The molecule has 4 rings (SSSR count). The maximum atomic E-state index is 12.9. The van der Waals surface area contributed by atoms with Gasteiger partial charge in [-0.2, -0.15) is 0 Å². The smallest absolute Gasteiger partial charge is 0.301 e. The van der Waals surface area contributed by atoms with E-state index in [1.54, 1.807) is 0 Å². The first-order chi connectivity index (χ1) is 15.3. The van der Waals surface area contributed by atoms with E-state index in [2.05, 4.69) is 15.5 Å². The Morgan fingerprint density at radius 1 is 1.00 bits per heavy atom. The molecule has 32 heavy (non-hydrogen) atoms. The SMILES string of the molecule is O=C1CC(=O)N(C(c2ccc(O)cc2)n2cnnn2)N1c1ccc([N+](=O)[O-])cc1[N+](=O)[O-]. The van der Waals surface area contributed by atoms with E-state index in [1.165, 1.54) is 30.6 Å². The van der Waals surface area contributed by atoms with Crippen LogP contribution in [0.3, 0.4) is 0 Å². The molecule has 162 valence electrons. The molecule has 0 aliphatic carbocycles. The number of benzene rings is 2. The molecule has 15 nitrogen and oxygen atoms in total. The number of nitro groups is 2. The van der Waals surface area contributed by atoms with Gasteiger partial charge in [0.15, 0.2) is 6.17 Å². The molecular weight excluding hydrogens is 428 g/mol. The van der Waals surface area contributed by atoms with Crippen molar-refractivity contribution in [3.05, 3.63) is 74.6 Å². The van der Waals surface area contributed by atoms with Gasteiger partial charge in [0, 0.05) is 6.07 Å². The molecule has 2 amide bonds. The summed E-state index contributed by atoms with van der Waals surface area (Å²) in [4.78, 5) is 46.6. The molecular formula is C17H12N8O7. The minimum absolute atomic E-state index is 0.0593. The Kier molecular flexibility index (Phi) is 4.90. The number of carbonyl (C=O) groups is 2. The van der Waals surface area contributed by atoms with Crippen molar-refractivity contribution in [2.24, 2.45) is 0 Å². The second kappa shape index (κ2) is 7.71. The van der Waals surface area contributed by atoms with E-state index in [0.717, 1.165) is 26.8 Å². The average Bonchev–Trinajstić information content (AvgIpc) is 3.37. The third kappa shape index (κ3) is 3.42. The van der Waals surface area contributed by atoms with Crippen LogP contribution in [0.5, 0.6) is 5.75 Å². The van der Waals surface area contributed by atoms with Crippen LogP contribution in [0.2, 0.25) is 0 Å². The number of non-ortho nitro benzene ring substituents is 1. The lowest BCUT2D eigenvalue weighted by atomic mass is 10.1. The van der Waals surface area contributed by atoms with Gasteiger partial charge < -0.3 is 5.11 Å². The Morgan fingerprint density at radius 2 is 1.72 bits per heavy atom. The molecule has 0 saturated carbocycles. The van der Waals surface area contributed by atoms with Gasteiger partial charge in [-0.1, -0.05) is 12.1 Å². The van der Waals surface area contributed by atoms with Gasteiger partial charge in [-0.05, 0) is 34.2 Å². The van der Waals surface area contributed by atoms with Crippen LogP contribution in [-0.2, 0) is 9.59 Å². The summed E-state index contributed by atoms with van der Waals surface area (Å²) in [6, 6.07) is 8.31. The first-order valence-electron chi connectivity index (χ1n) is 8.87. The van der Waals surface area contributed by atoms with Crippen molar-refractivity contribution in [1.29, 1.82) is 0 Å². The van der Waals surface area contributed by atoms with Crippen molar-refractivity contribution in [2.75, 3.05) is 5.01 Å². The standard InChI is InChI=1S/C17H12N8O7/c26-12-4-1-10(2-5-12)17(21-9-18-19-20-21)23-16(28)8-15(27)22(23)13-6-3-11(24(29)30)7-14(13)25(31)32/h1-7,9,17,26H,8H2. The Morgan fingerprint density at radius 3 is 2.31 bits per heavy atom. The summed E-state index contributed by atoms with van der Waals surface area (Å²) in [5.74, 6) is -1.56. The molecule has 1 unspecified atom stereocenters. The van der Waals surface area contributed by atoms with Gasteiger partial charge >= 0.3 is 5.69 Å². The fourth-order valence-corrected chi connectivity index (χ4v) is 3.30. The average molecular weight is 440 g/mol. The summed E-state index contributed by atoms with van der Waals surface area (Å²) in [5, 5.41) is 44.9. The van der Waals surface area contributed by atoms with Crippen molar-refractivity contribution in [2.45, 2.75) is 12.6 Å². The zero-order valence-electron chi connectivity index (χ0n) is 15.9. The number of rotatable bonds is 6. The quantitative estimate of drug-likeness (QED) is 0.327. The second-order valence-corrected chi connectivity index (χ2v) is 6.56. The topological polar surface area (TPSA) is 191 Å². The van der Waals surface area contributed by atoms with E-state index in [9.17, 15) is 34.9 Å². The van der Waals surface area contributed by atoms with Crippen molar-refractivity contribution in [3.63, 3.8) is 0 Å². The third-order valence-corrected chi connectivity index (χ3v) is 4.64. The van der Waals surface area contributed by atoms with Crippen LogP contribution in [0.25, 0.3) is 0 Å². The van der Waals surface area contributed by atoms with Crippen LogP contribution in [0.1, 0.15) is 18.2 Å². The van der Waals surface area contributed by atoms with Crippen molar-refractivity contribution in [3.8, 4) is 5.75 Å². The molecule has 3 aromatic rings. The molecule has 2 aromatic carbocycles. The first-order valence-corrected chi connectivity index (χ1v) is 8.87. The van der Waals surface area contributed by atoms with Gasteiger partial charge in [-0.25, -0.2) is 14.7 Å². The summed E-state index contributed by atoms with van der Waals surface area (Å²) < 4.78 is 1.15. The first kappa shape index (κ1) is 20.3. The molecule has 1 atom stereocenters. The number of aromatic hydroxyl groups is 1. The van der Waals surface area contributed by atoms with Gasteiger partial charge in [0.05, 0.1) is 15.9 Å². The van der Waals surface area contributed by atoms with Crippen LogP contribution in [0.4, 0.5) is 17.1 Å². The van der Waals surface area contributed by atoms with Crippen LogP contribution < -0.4 is 5.01 Å². The predicted octanol–water partition coefficient (Wildman–Crippen LogP) is 0.922. The third-order valence-electron chi connectivity index (χ3n) is 4.64. The van der Waals surface area contributed by atoms with Gasteiger partial charge in [-0.3, -0.25) is 29.8 Å². The number of aromatic nitrogens is 4. The molecule has 1 aliphatic heterocycles. The number of phenolic OH excluding ortho intramolecular Hbond substituents is 1. The lowest BCUT2D eigenvalue weighted by Gasteiger charge is -2.34. The minimum Gasteiger partial charge on any atom is -0.508 e. The number of nitrogens with zero attached hydrogens (tertiary/aromatic N) is 8. The maximum Gasteiger partial charge on any atom is 0.301 e. The zero-order valence-corrected chi connectivity index (χ0v) is 15.9. The molecule has 2 heterocycles. The molecule has 1 saturated heterocycles. The van der Waals surface area contributed by atoms with Crippen molar-refractivity contribution < 1.29 is 24.5 Å². The van der Waals surface area contributed by atoms with Crippen molar-refractivity contribution in [1.82, 2.24) is 25.2 Å². The number of tetrazole rings is 1. The van der Waals surface area contributed by atoms with Gasteiger partial charge in [0.1, 0.15) is 24.2 Å². The number of carbonyl (C=O) groups excluding carboxylic acids is 2. The van der Waals surface area contributed by atoms with E-state index < -0.39 is 45.6 Å². The Balaban J connectivity index is 1.89. The fraction of sp³-hybridized carbons (Fsp3) is 0.118. The number of phenols is 1. The Bertz CT molecular complexity index is 1230. The van der Waals surface area contributed by atoms with Crippen LogP contribution in [0.15, 0.2) is 48.8 Å². The Hall–Kier alpha value is -4.95. The van der Waals surface area contributed by atoms with E-state index in [4.69, 9.17) is 0 Å². The number of nitro benzene ring substituents is 2. The predicted molar refractivity (Wildman–Crippen MR) is 103 cm³/mol. The molecule has 0 radical (unpaired) electrons. The summed E-state index contributed by atoms with van der Waals surface area (Å²) in [5.41, 5.74) is -1.27. The largest absolute Gasteiger partial charge is 0.508 e.